The largest absolute Gasteiger partial charge is 0.397 e. The summed E-state index contributed by atoms with van der Waals surface area (Å²) in [5, 5.41) is 0. The van der Waals surface area contributed by atoms with E-state index in [1.54, 1.807) is 23.2 Å². The molecule has 0 aromatic carbocycles. The maximum atomic E-state index is 12.4. The van der Waals surface area contributed by atoms with Crippen molar-refractivity contribution in [3.8, 4) is 0 Å². The van der Waals surface area contributed by atoms with Crippen LogP contribution in [-0.4, -0.2) is 29.6 Å². The monoisotopic (exact) mass is 249 g/mol. The molecule has 2 N–H and O–H groups in total. The zero-order chi connectivity index (χ0) is 13.1. The van der Waals surface area contributed by atoms with Gasteiger partial charge in [-0.2, -0.15) is 0 Å². The van der Waals surface area contributed by atoms with Crippen LogP contribution < -0.4 is 10.6 Å². The third kappa shape index (κ3) is 2.61. The summed E-state index contributed by atoms with van der Waals surface area (Å²) in [6.45, 7) is 4.59. The van der Waals surface area contributed by atoms with Crippen LogP contribution in [0.1, 0.15) is 26.7 Å². The predicted molar refractivity (Wildman–Crippen MR) is 70.2 cm³/mol. The highest BCUT2D eigenvalue weighted by atomic mass is 16.5. The first-order valence-electron chi connectivity index (χ1n) is 6.26. The summed E-state index contributed by atoms with van der Waals surface area (Å²) in [6, 6.07) is 3.56. The average molecular weight is 249 g/mol. The fourth-order valence-electron chi connectivity index (χ4n) is 2.10. The first-order chi connectivity index (χ1) is 8.59. The Balaban J connectivity index is 2.22. The number of carbonyl (C=O) groups excluding carboxylic acids is 1. The van der Waals surface area contributed by atoms with Gasteiger partial charge in [0, 0.05) is 12.6 Å². The highest BCUT2D eigenvalue weighted by molar-refractivity contribution is 5.96. The molecule has 1 aromatic heterocycles. The number of carbonyl (C=O) groups is 1. The molecule has 0 saturated carbocycles. The number of ether oxygens (including phenoxy) is 1. The molecule has 1 saturated heterocycles. The maximum absolute atomic E-state index is 12.4. The number of anilines is 2. The molecule has 5 heteroatoms. The van der Waals surface area contributed by atoms with E-state index in [-0.39, 0.29) is 18.1 Å². The number of aromatic nitrogens is 1. The van der Waals surface area contributed by atoms with Crippen LogP contribution in [0, 0.1) is 0 Å². The van der Waals surface area contributed by atoms with Crippen LogP contribution in [0.2, 0.25) is 0 Å². The van der Waals surface area contributed by atoms with Crippen LogP contribution >= 0.6 is 0 Å². The van der Waals surface area contributed by atoms with Gasteiger partial charge in [-0.25, -0.2) is 4.98 Å². The first kappa shape index (κ1) is 12.8. The molecule has 1 aliphatic rings. The zero-order valence-electron chi connectivity index (χ0n) is 10.8. The van der Waals surface area contributed by atoms with Crippen molar-refractivity contribution in [3.63, 3.8) is 0 Å². The summed E-state index contributed by atoms with van der Waals surface area (Å²) >= 11 is 0. The Labute approximate surface area is 107 Å². The SMILES string of the molecule is CC(C)N(C(=O)C1CCCO1)c1ccc(N)cn1. The molecule has 5 nitrogen and oxygen atoms in total. The van der Waals surface area contributed by atoms with E-state index in [4.69, 9.17) is 10.5 Å². The molecule has 18 heavy (non-hydrogen) atoms. The van der Waals surface area contributed by atoms with E-state index in [2.05, 4.69) is 4.98 Å². The Morgan fingerprint density at radius 2 is 2.33 bits per heavy atom. The first-order valence-corrected chi connectivity index (χ1v) is 6.26. The summed E-state index contributed by atoms with van der Waals surface area (Å²) < 4.78 is 5.45. The molecule has 1 amide bonds. The Morgan fingerprint density at radius 3 is 2.83 bits per heavy atom. The third-order valence-corrected chi connectivity index (χ3v) is 2.98. The van der Waals surface area contributed by atoms with Crippen molar-refractivity contribution in [2.45, 2.75) is 38.8 Å². The predicted octanol–water partition coefficient (Wildman–Crippen LogP) is 1.58. The van der Waals surface area contributed by atoms with E-state index in [0.29, 0.717) is 18.1 Å². The summed E-state index contributed by atoms with van der Waals surface area (Å²) in [5.41, 5.74) is 6.20. The van der Waals surface area contributed by atoms with Gasteiger partial charge in [0.15, 0.2) is 0 Å². The fourth-order valence-corrected chi connectivity index (χ4v) is 2.10. The molecular formula is C13H19N3O2. The van der Waals surface area contributed by atoms with Crippen molar-refractivity contribution in [1.29, 1.82) is 0 Å². The standard InChI is InChI=1S/C13H19N3O2/c1-9(2)16(12-6-5-10(14)8-15-12)13(17)11-4-3-7-18-11/h5-6,8-9,11H,3-4,7,14H2,1-2H3. The topological polar surface area (TPSA) is 68.5 Å². The second-order valence-corrected chi connectivity index (χ2v) is 4.75. The molecule has 0 aliphatic carbocycles. The third-order valence-electron chi connectivity index (χ3n) is 2.98. The number of nitrogens with zero attached hydrogens (tertiary/aromatic N) is 2. The lowest BCUT2D eigenvalue weighted by molar-refractivity contribution is -0.127. The number of hydrogen-bond acceptors (Lipinski definition) is 4. The van der Waals surface area contributed by atoms with Crippen molar-refractivity contribution in [2.75, 3.05) is 17.2 Å². The minimum absolute atomic E-state index is 0.0141. The van der Waals surface area contributed by atoms with E-state index in [1.807, 2.05) is 13.8 Å². The molecule has 1 aromatic rings. The zero-order valence-corrected chi connectivity index (χ0v) is 10.8. The van der Waals surface area contributed by atoms with Crippen LogP contribution in [0.5, 0.6) is 0 Å². The average Bonchev–Trinajstić information content (AvgIpc) is 2.85. The lowest BCUT2D eigenvalue weighted by Crippen LogP contribution is -2.43. The molecular weight excluding hydrogens is 230 g/mol. The molecule has 0 bridgehead atoms. The van der Waals surface area contributed by atoms with E-state index in [9.17, 15) is 4.79 Å². The van der Waals surface area contributed by atoms with E-state index in [1.165, 1.54) is 0 Å². The van der Waals surface area contributed by atoms with Crippen LogP contribution in [0.25, 0.3) is 0 Å². The quantitative estimate of drug-likeness (QED) is 0.883. The number of pyridine rings is 1. The van der Waals surface area contributed by atoms with Crippen molar-refractivity contribution in [3.05, 3.63) is 18.3 Å². The normalized spacial score (nSPS) is 19.2. The van der Waals surface area contributed by atoms with Crippen LogP contribution in [0.3, 0.4) is 0 Å². The molecule has 1 aliphatic heterocycles. The van der Waals surface area contributed by atoms with Gasteiger partial charge in [0.2, 0.25) is 0 Å². The lowest BCUT2D eigenvalue weighted by atomic mass is 10.2. The molecule has 2 heterocycles. The second kappa shape index (κ2) is 5.35. The number of nitrogens with two attached hydrogens (primary N) is 1. The molecule has 1 atom stereocenters. The summed E-state index contributed by atoms with van der Waals surface area (Å²) in [7, 11) is 0. The minimum atomic E-state index is -0.327. The summed E-state index contributed by atoms with van der Waals surface area (Å²) in [6.07, 6.45) is 2.97. The number of nitrogen functional groups attached to an aromatic ring is 1. The molecule has 1 fully saturated rings. The van der Waals surface area contributed by atoms with Crippen molar-refractivity contribution < 1.29 is 9.53 Å². The molecule has 98 valence electrons. The van der Waals surface area contributed by atoms with Gasteiger partial charge in [0.05, 0.1) is 11.9 Å². The van der Waals surface area contributed by atoms with Gasteiger partial charge in [-0.05, 0) is 38.8 Å². The second-order valence-electron chi connectivity index (χ2n) is 4.75. The Bertz CT molecular complexity index is 411. The molecule has 1 unspecified atom stereocenters. The Morgan fingerprint density at radius 1 is 1.56 bits per heavy atom. The van der Waals surface area contributed by atoms with E-state index >= 15 is 0 Å². The van der Waals surface area contributed by atoms with Gasteiger partial charge >= 0.3 is 0 Å². The highest BCUT2D eigenvalue weighted by Crippen LogP contribution is 2.21. The maximum Gasteiger partial charge on any atom is 0.257 e. The lowest BCUT2D eigenvalue weighted by Gasteiger charge is -2.28. The Hall–Kier alpha value is -1.62. The van der Waals surface area contributed by atoms with Crippen molar-refractivity contribution in [2.24, 2.45) is 0 Å². The van der Waals surface area contributed by atoms with Crippen LogP contribution in [0.4, 0.5) is 11.5 Å². The molecule has 0 spiro atoms. The van der Waals surface area contributed by atoms with Gasteiger partial charge in [0.1, 0.15) is 11.9 Å². The summed E-state index contributed by atoms with van der Waals surface area (Å²) in [4.78, 5) is 18.3. The van der Waals surface area contributed by atoms with Crippen molar-refractivity contribution in [1.82, 2.24) is 4.98 Å². The molecule has 0 radical (unpaired) electrons. The van der Waals surface area contributed by atoms with E-state index in [0.717, 1.165) is 12.8 Å². The van der Waals surface area contributed by atoms with Gasteiger partial charge in [-0.15, -0.1) is 0 Å². The number of rotatable bonds is 3. The fraction of sp³-hybridized carbons (Fsp3) is 0.538. The highest BCUT2D eigenvalue weighted by Gasteiger charge is 2.31. The van der Waals surface area contributed by atoms with Gasteiger partial charge in [0.25, 0.3) is 5.91 Å². The number of amides is 1. The smallest absolute Gasteiger partial charge is 0.257 e. The van der Waals surface area contributed by atoms with Crippen LogP contribution in [0.15, 0.2) is 18.3 Å². The van der Waals surface area contributed by atoms with Gasteiger partial charge in [-0.1, -0.05) is 0 Å². The number of hydrogen-bond donors (Lipinski definition) is 1. The minimum Gasteiger partial charge on any atom is -0.397 e. The van der Waals surface area contributed by atoms with Crippen LogP contribution in [-0.2, 0) is 9.53 Å². The molecule has 2 rings (SSSR count). The Kier molecular flexibility index (Phi) is 3.81. The van der Waals surface area contributed by atoms with Crippen molar-refractivity contribution >= 4 is 17.4 Å². The summed E-state index contributed by atoms with van der Waals surface area (Å²) in [5.74, 6) is 0.611. The van der Waals surface area contributed by atoms with Gasteiger partial charge in [-0.3, -0.25) is 9.69 Å². The van der Waals surface area contributed by atoms with Gasteiger partial charge < -0.3 is 10.5 Å². The van der Waals surface area contributed by atoms with E-state index < -0.39 is 0 Å².